The average molecular weight is 348 g/mol. The van der Waals surface area contributed by atoms with Crippen molar-refractivity contribution in [1.29, 1.82) is 0 Å². The van der Waals surface area contributed by atoms with E-state index < -0.39 is 0 Å². The Balaban J connectivity index is 1.57. The predicted molar refractivity (Wildman–Crippen MR) is 94.1 cm³/mol. The Morgan fingerprint density at radius 2 is 1.96 bits per heavy atom. The van der Waals surface area contributed by atoms with Crippen molar-refractivity contribution in [3.63, 3.8) is 0 Å². The van der Waals surface area contributed by atoms with Gasteiger partial charge in [-0.25, -0.2) is 9.18 Å². The van der Waals surface area contributed by atoms with E-state index in [2.05, 4.69) is 9.88 Å². The van der Waals surface area contributed by atoms with Crippen LogP contribution in [-0.4, -0.2) is 46.4 Å². The first kappa shape index (κ1) is 16.8. The highest BCUT2D eigenvalue weighted by Crippen LogP contribution is 2.31. The van der Waals surface area contributed by atoms with E-state index >= 15 is 0 Å². The first-order valence-corrected chi connectivity index (χ1v) is 9.00. The minimum atomic E-state index is -0.291. The zero-order valence-electron chi connectivity index (χ0n) is 14.6. The first-order chi connectivity index (χ1) is 12.0. The van der Waals surface area contributed by atoms with Crippen LogP contribution in [0.4, 0.5) is 4.39 Å². The lowest BCUT2D eigenvalue weighted by Gasteiger charge is -2.46. The van der Waals surface area contributed by atoms with Gasteiger partial charge in [0, 0.05) is 45.2 Å². The van der Waals surface area contributed by atoms with Crippen LogP contribution in [0, 0.1) is 12.7 Å². The number of nitrogens with one attached hydrogen (secondary N) is 1. The minimum Gasteiger partial charge on any atom is -0.381 e. The summed E-state index contributed by atoms with van der Waals surface area (Å²) in [5.74, 6) is -0.291. The lowest BCUT2D eigenvalue weighted by molar-refractivity contribution is -0.0380. The number of aromatic amines is 1. The number of aryl methyl sites for hydroxylation is 1. The number of fused-ring (bicyclic) bond motifs is 1. The second-order valence-electron chi connectivity index (χ2n) is 7.35. The molecule has 7 heteroatoms. The van der Waals surface area contributed by atoms with Gasteiger partial charge in [0.25, 0.3) is 0 Å². The maximum atomic E-state index is 13.8. The van der Waals surface area contributed by atoms with Gasteiger partial charge in [0.1, 0.15) is 5.82 Å². The van der Waals surface area contributed by atoms with Gasteiger partial charge < -0.3 is 15.5 Å². The topological polar surface area (TPSA) is 76.3 Å². The van der Waals surface area contributed by atoms with Crippen molar-refractivity contribution in [2.24, 2.45) is 5.73 Å². The lowest BCUT2D eigenvalue weighted by atomic mass is 9.94. The summed E-state index contributed by atoms with van der Waals surface area (Å²) in [5, 5.41) is 0. The van der Waals surface area contributed by atoms with E-state index in [-0.39, 0.29) is 23.2 Å². The van der Waals surface area contributed by atoms with Crippen molar-refractivity contribution >= 4 is 11.0 Å². The van der Waals surface area contributed by atoms with Gasteiger partial charge in [-0.05, 0) is 37.5 Å². The molecule has 0 amide bonds. The summed E-state index contributed by atoms with van der Waals surface area (Å²) in [4.78, 5) is 17.6. The van der Waals surface area contributed by atoms with Crippen molar-refractivity contribution in [1.82, 2.24) is 14.5 Å². The Bertz CT molecular complexity index is 829. The molecule has 1 aromatic heterocycles. The fraction of sp³-hybridized carbons (Fsp3) is 0.611. The van der Waals surface area contributed by atoms with Gasteiger partial charge in [0.05, 0.1) is 16.7 Å². The molecule has 0 saturated carbocycles. The molecule has 0 aliphatic carbocycles. The summed E-state index contributed by atoms with van der Waals surface area (Å²) < 4.78 is 21.0. The molecule has 2 saturated heterocycles. The van der Waals surface area contributed by atoms with Gasteiger partial charge in [-0.1, -0.05) is 0 Å². The molecule has 25 heavy (non-hydrogen) atoms. The zero-order chi connectivity index (χ0) is 17.6. The number of nitrogens with two attached hydrogens (primary N) is 1. The molecule has 6 nitrogen and oxygen atoms in total. The number of rotatable bonds is 2. The Morgan fingerprint density at radius 1 is 1.28 bits per heavy atom. The molecular formula is C18H25FN4O2. The molecular weight excluding hydrogens is 323 g/mol. The van der Waals surface area contributed by atoms with E-state index in [1.807, 2.05) is 0 Å². The Kier molecular flexibility index (Phi) is 4.17. The second-order valence-corrected chi connectivity index (χ2v) is 7.35. The third-order valence-corrected chi connectivity index (χ3v) is 5.81. The molecule has 0 bridgehead atoms. The van der Waals surface area contributed by atoms with Gasteiger partial charge in [-0.15, -0.1) is 0 Å². The highest BCUT2D eigenvalue weighted by molar-refractivity contribution is 5.76. The van der Waals surface area contributed by atoms with Crippen LogP contribution < -0.4 is 11.4 Å². The molecule has 3 heterocycles. The van der Waals surface area contributed by atoms with Crippen LogP contribution in [0.5, 0.6) is 0 Å². The number of likely N-dealkylation sites (tertiary alicyclic amines) is 1. The minimum absolute atomic E-state index is 0.116. The molecule has 4 rings (SSSR count). The van der Waals surface area contributed by atoms with Crippen molar-refractivity contribution in [2.45, 2.75) is 44.3 Å². The summed E-state index contributed by atoms with van der Waals surface area (Å²) in [6.07, 6.45) is 3.43. The summed E-state index contributed by atoms with van der Waals surface area (Å²) >= 11 is 0. The van der Waals surface area contributed by atoms with E-state index in [1.54, 1.807) is 17.6 Å². The van der Waals surface area contributed by atoms with Crippen molar-refractivity contribution in [3.05, 3.63) is 34.0 Å². The normalized spacial score (nSPS) is 22.5. The highest BCUT2D eigenvalue weighted by atomic mass is 19.1. The Morgan fingerprint density at radius 3 is 2.64 bits per heavy atom. The molecule has 2 aliphatic heterocycles. The summed E-state index contributed by atoms with van der Waals surface area (Å²) in [7, 11) is 0. The number of benzene rings is 1. The molecule has 2 aliphatic rings. The molecule has 0 radical (unpaired) electrons. The van der Waals surface area contributed by atoms with Crippen LogP contribution in [0.15, 0.2) is 16.9 Å². The summed E-state index contributed by atoms with van der Waals surface area (Å²) in [6.45, 7) is 4.87. The van der Waals surface area contributed by atoms with Gasteiger partial charge in [0.15, 0.2) is 0 Å². The SMILES string of the molecule is Cc1cc2c(cc1F)[nH]c(=O)n2C1CCN(C2(N)CCOCC2)CC1. The molecule has 2 aromatic rings. The van der Waals surface area contributed by atoms with Crippen molar-refractivity contribution in [2.75, 3.05) is 26.3 Å². The van der Waals surface area contributed by atoms with Gasteiger partial charge >= 0.3 is 5.69 Å². The smallest absolute Gasteiger partial charge is 0.326 e. The summed E-state index contributed by atoms with van der Waals surface area (Å²) in [5.41, 5.74) is 8.05. The Labute approximate surface area is 145 Å². The number of aromatic nitrogens is 2. The van der Waals surface area contributed by atoms with E-state index in [1.165, 1.54) is 6.07 Å². The van der Waals surface area contributed by atoms with Crippen LogP contribution in [-0.2, 0) is 4.74 Å². The largest absolute Gasteiger partial charge is 0.381 e. The fourth-order valence-corrected chi connectivity index (χ4v) is 4.22. The average Bonchev–Trinajstić information content (AvgIpc) is 2.91. The van der Waals surface area contributed by atoms with Crippen molar-refractivity contribution < 1.29 is 9.13 Å². The fourth-order valence-electron chi connectivity index (χ4n) is 4.22. The molecule has 0 spiro atoms. The molecule has 3 N–H and O–H groups in total. The third kappa shape index (κ3) is 2.90. The maximum Gasteiger partial charge on any atom is 0.326 e. The quantitative estimate of drug-likeness (QED) is 0.869. The highest BCUT2D eigenvalue weighted by Gasteiger charge is 2.37. The number of ether oxygens (including phenoxy) is 1. The van der Waals surface area contributed by atoms with Gasteiger partial charge in [-0.3, -0.25) is 9.47 Å². The number of H-pyrrole nitrogens is 1. The van der Waals surface area contributed by atoms with Crippen LogP contribution in [0.1, 0.15) is 37.3 Å². The van der Waals surface area contributed by atoms with E-state index in [0.717, 1.165) is 44.3 Å². The molecule has 0 unspecified atom stereocenters. The number of hydrogen-bond acceptors (Lipinski definition) is 4. The number of nitrogens with zero attached hydrogens (tertiary/aromatic N) is 2. The number of piperidine rings is 1. The second kappa shape index (κ2) is 6.23. The molecule has 2 fully saturated rings. The van der Waals surface area contributed by atoms with Crippen LogP contribution in [0.2, 0.25) is 0 Å². The summed E-state index contributed by atoms with van der Waals surface area (Å²) in [6, 6.07) is 3.29. The maximum absolute atomic E-state index is 13.8. The molecule has 136 valence electrons. The first-order valence-electron chi connectivity index (χ1n) is 9.00. The van der Waals surface area contributed by atoms with E-state index in [0.29, 0.717) is 24.3 Å². The predicted octanol–water partition coefficient (Wildman–Crippen LogP) is 1.88. The van der Waals surface area contributed by atoms with Crippen LogP contribution in [0.3, 0.4) is 0 Å². The Hall–Kier alpha value is -1.70. The van der Waals surface area contributed by atoms with Crippen molar-refractivity contribution in [3.8, 4) is 0 Å². The molecule has 1 aromatic carbocycles. The zero-order valence-corrected chi connectivity index (χ0v) is 14.6. The lowest BCUT2D eigenvalue weighted by Crippen LogP contribution is -2.60. The van der Waals surface area contributed by atoms with Crippen LogP contribution in [0.25, 0.3) is 11.0 Å². The van der Waals surface area contributed by atoms with Crippen LogP contribution >= 0.6 is 0 Å². The van der Waals surface area contributed by atoms with Gasteiger partial charge in [0.2, 0.25) is 0 Å². The monoisotopic (exact) mass is 348 g/mol. The van der Waals surface area contributed by atoms with E-state index in [9.17, 15) is 9.18 Å². The van der Waals surface area contributed by atoms with Gasteiger partial charge in [-0.2, -0.15) is 0 Å². The molecule has 0 atom stereocenters. The number of halogens is 1. The number of imidazole rings is 1. The van der Waals surface area contributed by atoms with E-state index in [4.69, 9.17) is 10.5 Å². The standard InChI is InChI=1S/C18H25FN4O2/c1-12-10-16-15(11-14(12)19)21-17(24)23(16)13-2-6-22(7-3-13)18(20)4-8-25-9-5-18/h10-11,13H,2-9,20H2,1H3,(H,21,24). The third-order valence-electron chi connectivity index (χ3n) is 5.81. The number of hydrogen-bond donors (Lipinski definition) is 2.